The molecule has 3 heterocycles. The molecular formula is C18H18F3N3O3. The van der Waals surface area contributed by atoms with E-state index >= 15 is 0 Å². The Balaban J connectivity index is 1.51. The van der Waals surface area contributed by atoms with Crippen LogP contribution in [0.25, 0.3) is 0 Å². The van der Waals surface area contributed by atoms with E-state index in [0.717, 1.165) is 37.3 Å². The molecule has 6 nitrogen and oxygen atoms in total. The fraction of sp³-hybridized carbons (Fsp3) is 0.444. The highest BCUT2D eigenvalue weighted by atomic mass is 19.1. The number of anilines is 1. The average Bonchev–Trinajstić information content (AvgIpc) is 3.22. The Labute approximate surface area is 153 Å². The van der Waals surface area contributed by atoms with E-state index in [1.54, 1.807) is 10.6 Å². The van der Waals surface area contributed by atoms with Gasteiger partial charge in [0.05, 0.1) is 0 Å². The van der Waals surface area contributed by atoms with Crippen LogP contribution in [-0.4, -0.2) is 35.4 Å². The number of halogens is 3. The van der Waals surface area contributed by atoms with Crippen molar-refractivity contribution >= 4 is 5.82 Å². The fourth-order valence-corrected chi connectivity index (χ4v) is 3.63. The molecule has 0 N–H and O–H groups in total. The normalized spacial score (nSPS) is 17.7. The molecule has 0 spiro atoms. The van der Waals surface area contributed by atoms with Crippen LogP contribution in [0.4, 0.5) is 19.0 Å². The minimum absolute atomic E-state index is 0.109. The Bertz CT molecular complexity index is 895. The zero-order valence-electron chi connectivity index (χ0n) is 14.5. The van der Waals surface area contributed by atoms with Gasteiger partial charge in [0.2, 0.25) is 5.88 Å². The molecule has 4 rings (SSSR count). The molecule has 2 aliphatic heterocycles. The topological polar surface area (TPSA) is 56.6 Å². The molecule has 144 valence electrons. The molecule has 2 aromatic rings. The van der Waals surface area contributed by atoms with Crippen LogP contribution in [0.15, 0.2) is 23.0 Å². The lowest BCUT2D eigenvalue weighted by molar-refractivity contribution is 0.249. The fourth-order valence-electron chi connectivity index (χ4n) is 3.63. The quantitative estimate of drug-likeness (QED) is 0.769. The third-order valence-electron chi connectivity index (χ3n) is 4.80. The smallest absolute Gasteiger partial charge is 0.352 e. The van der Waals surface area contributed by atoms with E-state index in [2.05, 4.69) is 9.88 Å². The molecule has 9 heteroatoms. The van der Waals surface area contributed by atoms with E-state index in [-0.39, 0.29) is 18.1 Å². The molecule has 0 aliphatic carbocycles. The number of hydrogen-bond donors (Lipinski definition) is 0. The molecule has 0 amide bonds. The summed E-state index contributed by atoms with van der Waals surface area (Å²) in [5.41, 5.74) is -0.191. The number of nitrogens with zero attached hydrogens (tertiary/aromatic N) is 3. The van der Waals surface area contributed by atoms with Crippen molar-refractivity contribution in [2.75, 3.05) is 24.7 Å². The van der Waals surface area contributed by atoms with Gasteiger partial charge < -0.3 is 14.4 Å². The van der Waals surface area contributed by atoms with Crippen molar-refractivity contribution in [2.24, 2.45) is 0 Å². The van der Waals surface area contributed by atoms with Gasteiger partial charge in [0.15, 0.2) is 17.4 Å². The number of benzene rings is 1. The third kappa shape index (κ3) is 3.33. The minimum Gasteiger partial charge on any atom is -0.485 e. The standard InChI is InChI=1S/C18H18F3N3O3/c19-3-5-26-17-13(20)6-11(7-14(17)21)10-27-15-8-16-23-4-1-2-12(23)9-24(16)18(25)22-15/h6-8,12H,1-5,9-10H2/t12-/m0/s1. The summed E-state index contributed by atoms with van der Waals surface area (Å²) in [6.45, 7) is 0.0599. The molecule has 1 saturated heterocycles. The Morgan fingerprint density at radius 3 is 2.70 bits per heavy atom. The first kappa shape index (κ1) is 17.7. The van der Waals surface area contributed by atoms with Crippen molar-refractivity contribution in [3.05, 3.63) is 45.9 Å². The lowest BCUT2D eigenvalue weighted by Gasteiger charge is -2.17. The summed E-state index contributed by atoms with van der Waals surface area (Å²) >= 11 is 0. The maximum absolute atomic E-state index is 13.9. The summed E-state index contributed by atoms with van der Waals surface area (Å²) in [6.07, 6.45) is 2.11. The number of fused-ring (bicyclic) bond motifs is 3. The predicted molar refractivity (Wildman–Crippen MR) is 91.0 cm³/mol. The van der Waals surface area contributed by atoms with E-state index in [4.69, 9.17) is 9.47 Å². The van der Waals surface area contributed by atoms with Crippen LogP contribution in [0.1, 0.15) is 18.4 Å². The Hall–Kier alpha value is -2.71. The molecule has 0 unspecified atom stereocenters. The zero-order valence-corrected chi connectivity index (χ0v) is 14.5. The summed E-state index contributed by atoms with van der Waals surface area (Å²) in [4.78, 5) is 18.3. The molecule has 1 aromatic heterocycles. The maximum atomic E-state index is 13.9. The monoisotopic (exact) mass is 381 g/mol. The van der Waals surface area contributed by atoms with Gasteiger partial charge in [-0.05, 0) is 30.5 Å². The van der Waals surface area contributed by atoms with Gasteiger partial charge in [0.25, 0.3) is 0 Å². The van der Waals surface area contributed by atoms with Gasteiger partial charge in [-0.15, -0.1) is 0 Å². The molecule has 0 radical (unpaired) electrons. The van der Waals surface area contributed by atoms with Crippen LogP contribution in [-0.2, 0) is 13.2 Å². The Morgan fingerprint density at radius 2 is 1.96 bits per heavy atom. The number of alkyl halides is 1. The van der Waals surface area contributed by atoms with Crippen molar-refractivity contribution in [1.82, 2.24) is 9.55 Å². The number of aromatic nitrogens is 2. The van der Waals surface area contributed by atoms with Gasteiger partial charge in [-0.25, -0.2) is 18.0 Å². The van der Waals surface area contributed by atoms with E-state index in [0.29, 0.717) is 12.6 Å². The summed E-state index contributed by atoms with van der Waals surface area (Å²) in [5.74, 6) is -1.63. The van der Waals surface area contributed by atoms with Crippen molar-refractivity contribution in [1.29, 1.82) is 0 Å². The van der Waals surface area contributed by atoms with Crippen LogP contribution in [0, 0.1) is 11.6 Å². The highest BCUT2D eigenvalue weighted by molar-refractivity contribution is 5.48. The van der Waals surface area contributed by atoms with E-state index in [1.807, 2.05) is 0 Å². The van der Waals surface area contributed by atoms with Gasteiger partial charge in [-0.3, -0.25) is 4.57 Å². The van der Waals surface area contributed by atoms with Gasteiger partial charge in [0, 0.05) is 25.2 Å². The second-order valence-corrected chi connectivity index (χ2v) is 6.55. The molecule has 2 aliphatic rings. The van der Waals surface area contributed by atoms with E-state index < -0.39 is 36.4 Å². The summed E-state index contributed by atoms with van der Waals surface area (Å²) in [7, 11) is 0. The van der Waals surface area contributed by atoms with Crippen molar-refractivity contribution in [3.63, 3.8) is 0 Å². The SMILES string of the molecule is O=c1nc(OCc2cc(F)c(OCCF)c(F)c2)cc2n1C[C@@H]1CCCN21. The Morgan fingerprint density at radius 1 is 1.19 bits per heavy atom. The third-order valence-corrected chi connectivity index (χ3v) is 4.80. The van der Waals surface area contributed by atoms with Crippen LogP contribution in [0.3, 0.4) is 0 Å². The lowest BCUT2D eigenvalue weighted by Crippen LogP contribution is -2.24. The second kappa shape index (κ2) is 7.13. The second-order valence-electron chi connectivity index (χ2n) is 6.55. The van der Waals surface area contributed by atoms with Gasteiger partial charge in [-0.1, -0.05) is 0 Å². The van der Waals surface area contributed by atoms with E-state index in [1.165, 1.54) is 0 Å². The summed E-state index contributed by atoms with van der Waals surface area (Å²) in [5, 5.41) is 0. The maximum Gasteiger partial charge on any atom is 0.352 e. The first-order valence-electron chi connectivity index (χ1n) is 8.75. The first-order valence-corrected chi connectivity index (χ1v) is 8.75. The van der Waals surface area contributed by atoms with Crippen LogP contribution >= 0.6 is 0 Å². The number of ether oxygens (including phenoxy) is 2. The van der Waals surface area contributed by atoms with Crippen molar-refractivity contribution in [2.45, 2.75) is 32.0 Å². The molecular weight excluding hydrogens is 363 g/mol. The Kier molecular flexibility index (Phi) is 4.67. The molecule has 1 atom stereocenters. The molecule has 1 aromatic carbocycles. The average molecular weight is 381 g/mol. The first-order chi connectivity index (χ1) is 13.1. The molecule has 1 fully saturated rings. The van der Waals surface area contributed by atoms with Crippen molar-refractivity contribution in [3.8, 4) is 11.6 Å². The van der Waals surface area contributed by atoms with Crippen LogP contribution in [0.2, 0.25) is 0 Å². The summed E-state index contributed by atoms with van der Waals surface area (Å²) in [6, 6.07) is 4.09. The molecule has 0 bridgehead atoms. The predicted octanol–water partition coefficient (Wildman–Crippen LogP) is 2.43. The highest BCUT2D eigenvalue weighted by Crippen LogP contribution is 2.33. The largest absolute Gasteiger partial charge is 0.485 e. The van der Waals surface area contributed by atoms with Crippen molar-refractivity contribution < 1.29 is 22.6 Å². The number of rotatable bonds is 6. The van der Waals surface area contributed by atoms with Crippen LogP contribution < -0.4 is 20.1 Å². The molecule has 27 heavy (non-hydrogen) atoms. The number of hydrogen-bond acceptors (Lipinski definition) is 5. The highest BCUT2D eigenvalue weighted by Gasteiger charge is 2.34. The molecule has 0 saturated carbocycles. The van der Waals surface area contributed by atoms with Gasteiger partial charge in [-0.2, -0.15) is 4.98 Å². The van der Waals surface area contributed by atoms with E-state index in [9.17, 15) is 18.0 Å². The van der Waals surface area contributed by atoms with Gasteiger partial charge in [0.1, 0.15) is 25.7 Å². The van der Waals surface area contributed by atoms with Gasteiger partial charge >= 0.3 is 5.69 Å². The lowest BCUT2D eigenvalue weighted by atomic mass is 10.2. The minimum atomic E-state index is -0.941. The van der Waals surface area contributed by atoms with Crippen LogP contribution in [0.5, 0.6) is 11.6 Å². The summed E-state index contributed by atoms with van der Waals surface area (Å²) < 4.78 is 51.8. The zero-order chi connectivity index (χ0) is 19.0.